The van der Waals surface area contributed by atoms with E-state index in [1.54, 1.807) is 0 Å². The molecule has 0 bridgehead atoms. The Kier molecular flexibility index (Phi) is 7.60. The van der Waals surface area contributed by atoms with Crippen molar-refractivity contribution >= 4 is 11.6 Å². The van der Waals surface area contributed by atoms with Gasteiger partial charge in [0.25, 0.3) is 11.6 Å². The summed E-state index contributed by atoms with van der Waals surface area (Å²) in [5.41, 5.74) is -1.12. The smallest absolute Gasteiger partial charge is 0.387 e. The summed E-state index contributed by atoms with van der Waals surface area (Å²) in [5.74, 6) is -1.35. The number of methoxy groups -OCH3 is 1. The fraction of sp³-hybridized carbons (Fsp3) is 0.650. The van der Waals surface area contributed by atoms with Crippen LogP contribution >= 0.6 is 0 Å². The Balaban J connectivity index is 1.83. The van der Waals surface area contributed by atoms with E-state index < -0.39 is 28.9 Å². The molecule has 1 aromatic rings. The molecule has 11 heteroatoms. The van der Waals surface area contributed by atoms with Crippen LogP contribution in [0.3, 0.4) is 0 Å². The number of carbonyl (C=O) groups excluding carboxylic acids is 1. The lowest BCUT2D eigenvalue weighted by Gasteiger charge is -2.48. The van der Waals surface area contributed by atoms with Gasteiger partial charge in [-0.2, -0.15) is 8.78 Å². The van der Waals surface area contributed by atoms with Gasteiger partial charge in [-0.3, -0.25) is 19.8 Å². The molecular formula is C20H27F2N3O6. The second-order valence-corrected chi connectivity index (χ2v) is 7.72. The molecule has 2 aliphatic rings. The first-order valence-electron chi connectivity index (χ1n) is 10.3. The molecule has 1 aliphatic heterocycles. The molecule has 1 aliphatic carbocycles. The van der Waals surface area contributed by atoms with Crippen LogP contribution in [0, 0.1) is 10.1 Å². The van der Waals surface area contributed by atoms with Crippen LogP contribution in [0.4, 0.5) is 14.5 Å². The molecule has 0 aromatic heterocycles. The van der Waals surface area contributed by atoms with Crippen LogP contribution in [0.15, 0.2) is 12.1 Å². The quantitative estimate of drug-likeness (QED) is 0.487. The number of carbonyl (C=O) groups is 1. The van der Waals surface area contributed by atoms with E-state index in [0.29, 0.717) is 19.8 Å². The van der Waals surface area contributed by atoms with Gasteiger partial charge in [-0.1, -0.05) is 19.3 Å². The normalized spacial score (nSPS) is 19.1. The van der Waals surface area contributed by atoms with Gasteiger partial charge in [0.1, 0.15) is 5.56 Å². The van der Waals surface area contributed by atoms with E-state index in [9.17, 15) is 23.7 Å². The molecule has 1 heterocycles. The monoisotopic (exact) mass is 443 g/mol. The van der Waals surface area contributed by atoms with Crippen LogP contribution in [-0.2, 0) is 4.74 Å². The van der Waals surface area contributed by atoms with Crippen molar-refractivity contribution in [3.8, 4) is 11.5 Å². The van der Waals surface area contributed by atoms with Gasteiger partial charge in [0, 0.05) is 31.2 Å². The molecule has 172 valence electrons. The van der Waals surface area contributed by atoms with Crippen LogP contribution < -0.4 is 14.8 Å². The summed E-state index contributed by atoms with van der Waals surface area (Å²) in [4.78, 5) is 26.0. The molecule has 1 aromatic carbocycles. The number of halogens is 2. The van der Waals surface area contributed by atoms with Crippen molar-refractivity contribution in [2.24, 2.45) is 0 Å². The van der Waals surface area contributed by atoms with Crippen molar-refractivity contribution in [2.45, 2.75) is 44.3 Å². The Labute approximate surface area is 178 Å². The lowest BCUT2D eigenvalue weighted by Crippen LogP contribution is -2.59. The summed E-state index contributed by atoms with van der Waals surface area (Å²) in [5, 5.41) is 14.3. The Morgan fingerprint density at radius 3 is 2.52 bits per heavy atom. The maximum atomic E-state index is 12.9. The highest BCUT2D eigenvalue weighted by Gasteiger charge is 2.39. The molecule has 0 radical (unpaired) electrons. The summed E-state index contributed by atoms with van der Waals surface area (Å²) in [6.07, 6.45) is 5.05. The maximum Gasteiger partial charge on any atom is 0.387 e. The van der Waals surface area contributed by atoms with Gasteiger partial charge in [-0.25, -0.2) is 0 Å². The maximum absolute atomic E-state index is 12.9. The van der Waals surface area contributed by atoms with Gasteiger partial charge in [-0.15, -0.1) is 0 Å². The first-order chi connectivity index (χ1) is 14.9. The van der Waals surface area contributed by atoms with E-state index in [2.05, 4.69) is 15.0 Å². The van der Waals surface area contributed by atoms with Crippen LogP contribution in [-0.4, -0.2) is 67.8 Å². The molecule has 31 heavy (non-hydrogen) atoms. The topological polar surface area (TPSA) is 103 Å². The second kappa shape index (κ2) is 10.2. The molecule has 0 unspecified atom stereocenters. The van der Waals surface area contributed by atoms with Gasteiger partial charge < -0.3 is 19.5 Å². The first-order valence-corrected chi connectivity index (χ1v) is 10.3. The van der Waals surface area contributed by atoms with Crippen LogP contribution in [0.5, 0.6) is 11.5 Å². The molecule has 3 rings (SSSR count). The SMILES string of the molecule is COc1cc(C(=O)NCC2(N3CCOCC3)CCCCC2)c([N+](=O)[O-])cc1OC(F)F. The van der Waals surface area contributed by atoms with Crippen molar-refractivity contribution in [1.29, 1.82) is 0 Å². The third-order valence-corrected chi connectivity index (χ3v) is 5.98. The predicted octanol–water partition coefficient (Wildman–Crippen LogP) is 2.97. The minimum absolute atomic E-state index is 0.184. The Bertz CT molecular complexity index is 795. The highest BCUT2D eigenvalue weighted by Crippen LogP contribution is 2.37. The summed E-state index contributed by atoms with van der Waals surface area (Å²) < 4.78 is 40.0. The zero-order chi connectivity index (χ0) is 22.4. The zero-order valence-corrected chi connectivity index (χ0v) is 17.4. The zero-order valence-electron chi connectivity index (χ0n) is 17.4. The summed E-state index contributed by atoms with van der Waals surface area (Å²) in [6.45, 7) is -0.0606. The number of nitrogens with one attached hydrogen (secondary N) is 1. The van der Waals surface area contributed by atoms with E-state index in [1.807, 2.05) is 0 Å². The number of nitrogens with zero attached hydrogens (tertiary/aromatic N) is 2. The van der Waals surface area contributed by atoms with Gasteiger partial charge >= 0.3 is 6.61 Å². The highest BCUT2D eigenvalue weighted by molar-refractivity contribution is 5.99. The molecule has 0 spiro atoms. The fourth-order valence-corrected chi connectivity index (χ4v) is 4.42. The van der Waals surface area contributed by atoms with Crippen molar-refractivity contribution in [3.63, 3.8) is 0 Å². The lowest BCUT2D eigenvalue weighted by atomic mass is 9.79. The first kappa shape index (κ1) is 23.1. The largest absolute Gasteiger partial charge is 0.493 e. The molecule has 0 atom stereocenters. The van der Waals surface area contributed by atoms with Gasteiger partial charge in [-0.05, 0) is 12.8 Å². The average molecular weight is 443 g/mol. The van der Waals surface area contributed by atoms with E-state index in [1.165, 1.54) is 7.11 Å². The number of alkyl halides is 2. The van der Waals surface area contributed by atoms with E-state index in [0.717, 1.165) is 57.3 Å². The van der Waals surface area contributed by atoms with E-state index in [4.69, 9.17) is 9.47 Å². The molecule has 9 nitrogen and oxygen atoms in total. The van der Waals surface area contributed by atoms with Gasteiger partial charge in [0.05, 0.1) is 31.3 Å². The number of ether oxygens (including phenoxy) is 3. The van der Waals surface area contributed by atoms with Crippen LogP contribution in [0.1, 0.15) is 42.5 Å². The van der Waals surface area contributed by atoms with Crippen molar-refractivity contribution in [1.82, 2.24) is 10.2 Å². The Hall–Kier alpha value is -2.53. The standard InChI is InChI=1S/C20H27F2N3O6/c1-29-16-11-14(15(25(27)28)12-17(16)31-19(21)22)18(26)23-13-20(5-3-2-4-6-20)24-7-9-30-10-8-24/h11-12,19H,2-10,13H2,1H3,(H,23,26). The number of benzene rings is 1. The number of amides is 1. The predicted molar refractivity (Wildman–Crippen MR) is 107 cm³/mol. The average Bonchev–Trinajstić information content (AvgIpc) is 2.78. The third kappa shape index (κ3) is 5.40. The van der Waals surface area contributed by atoms with E-state index >= 15 is 0 Å². The minimum atomic E-state index is -3.19. The molecular weight excluding hydrogens is 416 g/mol. The minimum Gasteiger partial charge on any atom is -0.493 e. The fourth-order valence-electron chi connectivity index (χ4n) is 4.42. The molecule has 2 fully saturated rings. The number of nitro groups is 1. The summed E-state index contributed by atoms with van der Waals surface area (Å²) in [6, 6.07) is 1.85. The van der Waals surface area contributed by atoms with Gasteiger partial charge in [0.15, 0.2) is 11.5 Å². The third-order valence-electron chi connectivity index (χ3n) is 5.98. The molecule has 1 saturated heterocycles. The number of hydrogen-bond acceptors (Lipinski definition) is 7. The Morgan fingerprint density at radius 1 is 1.26 bits per heavy atom. The number of hydrogen-bond donors (Lipinski definition) is 1. The molecule has 1 amide bonds. The van der Waals surface area contributed by atoms with Crippen molar-refractivity contribution in [3.05, 3.63) is 27.8 Å². The highest BCUT2D eigenvalue weighted by atomic mass is 19.3. The molecule has 1 N–H and O–H groups in total. The van der Waals surface area contributed by atoms with Crippen LogP contribution in [0.2, 0.25) is 0 Å². The summed E-state index contributed by atoms with van der Waals surface area (Å²) >= 11 is 0. The number of nitro benzene ring substituents is 1. The van der Waals surface area contributed by atoms with Gasteiger partial charge in [0.2, 0.25) is 0 Å². The Morgan fingerprint density at radius 2 is 1.94 bits per heavy atom. The lowest BCUT2D eigenvalue weighted by molar-refractivity contribution is -0.385. The number of morpholine rings is 1. The van der Waals surface area contributed by atoms with Crippen molar-refractivity contribution < 1.29 is 32.7 Å². The molecule has 1 saturated carbocycles. The summed E-state index contributed by atoms with van der Waals surface area (Å²) in [7, 11) is 1.20. The van der Waals surface area contributed by atoms with Crippen molar-refractivity contribution in [2.75, 3.05) is 40.0 Å². The van der Waals surface area contributed by atoms with E-state index in [-0.39, 0.29) is 16.9 Å². The second-order valence-electron chi connectivity index (χ2n) is 7.72. The number of rotatable bonds is 8. The van der Waals surface area contributed by atoms with Crippen LogP contribution in [0.25, 0.3) is 0 Å².